The molecule has 0 atom stereocenters. The summed E-state index contributed by atoms with van der Waals surface area (Å²) in [5.41, 5.74) is 5.51. The van der Waals surface area contributed by atoms with Crippen molar-refractivity contribution in [3.05, 3.63) is 17.5 Å². The van der Waals surface area contributed by atoms with Crippen molar-refractivity contribution < 1.29 is 0 Å². The summed E-state index contributed by atoms with van der Waals surface area (Å²) in [7, 11) is -1.27. The van der Waals surface area contributed by atoms with E-state index in [0.29, 0.717) is 0 Å². The van der Waals surface area contributed by atoms with E-state index in [1.165, 1.54) is 0 Å². The smallest absolute Gasteiger partial charge is 0.129 e. The van der Waals surface area contributed by atoms with Crippen LogP contribution < -0.4 is 0 Å². The fourth-order valence-corrected chi connectivity index (χ4v) is 1.75. The fourth-order valence-electron chi connectivity index (χ4n) is 1.24. The Morgan fingerprint density at radius 2 is 2.07 bits per heavy atom. The summed E-state index contributed by atoms with van der Waals surface area (Å²) >= 11 is 0. The molecule has 0 aliphatic carbocycles. The van der Waals surface area contributed by atoms with Gasteiger partial charge in [0.05, 0.1) is 11.3 Å². The molecular formula is C12H20N2Si. The van der Waals surface area contributed by atoms with Crippen LogP contribution in [0.3, 0.4) is 0 Å². The lowest BCUT2D eigenvalue weighted by atomic mass is 10.3. The second-order valence-corrected chi connectivity index (χ2v) is 9.64. The van der Waals surface area contributed by atoms with Crippen LogP contribution in [0.5, 0.6) is 0 Å². The fraction of sp³-hybridized carbons (Fsp3) is 0.583. The molecule has 0 bridgehead atoms. The Morgan fingerprint density at radius 1 is 1.40 bits per heavy atom. The Bertz CT molecular complexity index is 388. The number of aryl methyl sites for hydroxylation is 2. The summed E-state index contributed by atoms with van der Waals surface area (Å²) in [4.78, 5) is 0. The van der Waals surface area contributed by atoms with E-state index in [1.807, 2.05) is 11.6 Å². The van der Waals surface area contributed by atoms with Gasteiger partial charge in [0.15, 0.2) is 0 Å². The van der Waals surface area contributed by atoms with Crippen molar-refractivity contribution >= 4 is 8.07 Å². The van der Waals surface area contributed by atoms with Gasteiger partial charge in [0.1, 0.15) is 8.07 Å². The van der Waals surface area contributed by atoms with Gasteiger partial charge < -0.3 is 0 Å². The van der Waals surface area contributed by atoms with Crippen LogP contribution in [-0.2, 0) is 6.54 Å². The minimum Gasteiger partial charge on any atom is -0.271 e. The zero-order chi connectivity index (χ0) is 11.5. The van der Waals surface area contributed by atoms with Crippen LogP contribution in [0.1, 0.15) is 24.6 Å². The minimum atomic E-state index is -1.27. The predicted molar refractivity (Wildman–Crippen MR) is 67.5 cm³/mol. The van der Waals surface area contributed by atoms with E-state index in [4.69, 9.17) is 0 Å². The van der Waals surface area contributed by atoms with E-state index in [9.17, 15) is 0 Å². The van der Waals surface area contributed by atoms with Crippen molar-refractivity contribution in [3.8, 4) is 11.5 Å². The van der Waals surface area contributed by atoms with Crippen molar-refractivity contribution in [1.82, 2.24) is 9.78 Å². The standard InChI is InChI=1S/C12H20N2Si/c1-6-8-14-10-12(11(2)13-14)7-9-15(3,4)5/h10H,6,8H2,1-5H3. The highest BCUT2D eigenvalue weighted by Gasteiger charge is 2.08. The Kier molecular flexibility index (Phi) is 3.76. The monoisotopic (exact) mass is 220 g/mol. The third-order valence-electron chi connectivity index (χ3n) is 1.97. The molecule has 2 nitrogen and oxygen atoms in total. The van der Waals surface area contributed by atoms with Crippen molar-refractivity contribution in [3.63, 3.8) is 0 Å². The lowest BCUT2D eigenvalue weighted by Gasteiger charge is -2.02. The van der Waals surface area contributed by atoms with Gasteiger partial charge in [-0.3, -0.25) is 4.68 Å². The second-order valence-electron chi connectivity index (χ2n) is 4.89. The molecule has 0 saturated heterocycles. The molecule has 0 radical (unpaired) electrons. The number of rotatable bonds is 2. The van der Waals surface area contributed by atoms with Crippen molar-refractivity contribution in [2.75, 3.05) is 0 Å². The summed E-state index contributed by atoms with van der Waals surface area (Å²) in [6, 6.07) is 0. The molecule has 0 aliphatic heterocycles. The van der Waals surface area contributed by atoms with Crippen LogP contribution in [-0.4, -0.2) is 17.9 Å². The summed E-state index contributed by atoms with van der Waals surface area (Å²) in [5, 5.41) is 4.43. The Morgan fingerprint density at radius 3 is 2.60 bits per heavy atom. The summed E-state index contributed by atoms with van der Waals surface area (Å²) < 4.78 is 1.99. The van der Waals surface area contributed by atoms with Crippen LogP contribution in [0.4, 0.5) is 0 Å². The largest absolute Gasteiger partial charge is 0.271 e. The Labute approximate surface area is 93.7 Å². The molecule has 0 amide bonds. The number of nitrogens with zero attached hydrogens (tertiary/aromatic N) is 2. The molecule has 0 fully saturated rings. The van der Waals surface area contributed by atoms with Crippen molar-refractivity contribution in [2.24, 2.45) is 0 Å². The zero-order valence-electron chi connectivity index (χ0n) is 10.4. The average Bonchev–Trinajstić information content (AvgIpc) is 2.42. The molecule has 82 valence electrons. The number of aromatic nitrogens is 2. The maximum absolute atomic E-state index is 4.43. The molecule has 0 spiro atoms. The topological polar surface area (TPSA) is 17.8 Å². The normalized spacial score (nSPS) is 11.0. The molecule has 0 unspecified atom stereocenters. The molecule has 1 aromatic rings. The van der Waals surface area contributed by atoms with Gasteiger partial charge in [0, 0.05) is 12.7 Å². The van der Waals surface area contributed by atoms with E-state index in [1.54, 1.807) is 0 Å². The molecule has 15 heavy (non-hydrogen) atoms. The third kappa shape index (κ3) is 3.92. The molecule has 0 N–H and O–H groups in total. The van der Waals surface area contributed by atoms with E-state index >= 15 is 0 Å². The molecule has 1 heterocycles. The van der Waals surface area contributed by atoms with Crippen LogP contribution in [0.15, 0.2) is 6.20 Å². The van der Waals surface area contributed by atoms with Crippen LogP contribution in [0, 0.1) is 18.4 Å². The SMILES string of the molecule is CCCn1cc(C#C[Si](C)(C)C)c(C)n1. The quantitative estimate of drug-likeness (QED) is 0.553. The minimum absolute atomic E-state index is 0.982. The molecule has 0 saturated carbocycles. The zero-order valence-corrected chi connectivity index (χ0v) is 11.4. The highest BCUT2D eigenvalue weighted by Crippen LogP contribution is 2.05. The summed E-state index contributed by atoms with van der Waals surface area (Å²) in [6.07, 6.45) is 3.17. The van der Waals surface area contributed by atoms with Gasteiger partial charge in [-0.05, 0) is 13.3 Å². The highest BCUT2D eigenvalue weighted by atomic mass is 28.3. The van der Waals surface area contributed by atoms with E-state index in [-0.39, 0.29) is 0 Å². The first-order chi connectivity index (χ1) is 6.92. The lowest BCUT2D eigenvalue weighted by Crippen LogP contribution is -2.16. The number of hydrogen-bond acceptors (Lipinski definition) is 1. The van der Waals surface area contributed by atoms with Gasteiger partial charge >= 0.3 is 0 Å². The molecular weight excluding hydrogens is 200 g/mol. The molecule has 3 heteroatoms. The molecule has 1 aromatic heterocycles. The molecule has 1 rings (SSSR count). The maximum Gasteiger partial charge on any atom is 0.129 e. The first-order valence-corrected chi connectivity index (χ1v) is 8.99. The van der Waals surface area contributed by atoms with E-state index in [2.05, 4.69) is 49.3 Å². The average molecular weight is 220 g/mol. The first-order valence-electron chi connectivity index (χ1n) is 5.49. The van der Waals surface area contributed by atoms with Gasteiger partial charge in [-0.1, -0.05) is 32.5 Å². The lowest BCUT2D eigenvalue weighted by molar-refractivity contribution is 0.598. The molecule has 0 aliphatic rings. The van der Waals surface area contributed by atoms with Crippen molar-refractivity contribution in [1.29, 1.82) is 0 Å². The van der Waals surface area contributed by atoms with E-state index in [0.717, 1.165) is 24.2 Å². The van der Waals surface area contributed by atoms with Gasteiger partial charge in [-0.25, -0.2) is 0 Å². The predicted octanol–water partition coefficient (Wildman–Crippen LogP) is 2.83. The Balaban J connectivity index is 2.89. The highest BCUT2D eigenvalue weighted by molar-refractivity contribution is 6.83. The van der Waals surface area contributed by atoms with Gasteiger partial charge in [-0.15, -0.1) is 5.54 Å². The second kappa shape index (κ2) is 4.67. The van der Waals surface area contributed by atoms with Crippen LogP contribution in [0.2, 0.25) is 19.6 Å². The van der Waals surface area contributed by atoms with Gasteiger partial charge in [0.2, 0.25) is 0 Å². The maximum atomic E-state index is 4.43. The third-order valence-corrected chi connectivity index (χ3v) is 2.85. The van der Waals surface area contributed by atoms with E-state index < -0.39 is 8.07 Å². The van der Waals surface area contributed by atoms with Crippen molar-refractivity contribution in [2.45, 2.75) is 46.5 Å². The summed E-state index contributed by atoms with van der Waals surface area (Å²) in [6.45, 7) is 11.9. The molecule has 0 aromatic carbocycles. The van der Waals surface area contributed by atoms with Gasteiger partial charge in [0.25, 0.3) is 0 Å². The Hall–Kier alpha value is -1.01. The van der Waals surface area contributed by atoms with Crippen LogP contribution >= 0.6 is 0 Å². The first kappa shape index (κ1) is 12.1. The van der Waals surface area contributed by atoms with Gasteiger partial charge in [-0.2, -0.15) is 5.10 Å². The number of hydrogen-bond donors (Lipinski definition) is 0. The summed E-state index contributed by atoms with van der Waals surface area (Å²) in [5.74, 6) is 3.26. The van der Waals surface area contributed by atoms with Crippen LogP contribution in [0.25, 0.3) is 0 Å².